The second-order valence-electron chi connectivity index (χ2n) is 7.95. The minimum atomic E-state index is -0.688. The summed E-state index contributed by atoms with van der Waals surface area (Å²) in [6, 6.07) is 1.47. The molecule has 4 heterocycles. The van der Waals surface area contributed by atoms with Crippen LogP contribution in [0.5, 0.6) is 0 Å². The van der Waals surface area contributed by atoms with Gasteiger partial charge < -0.3 is 20.6 Å². The molecule has 0 bridgehead atoms. The molecule has 1 aliphatic rings. The van der Waals surface area contributed by atoms with E-state index in [1.54, 1.807) is 0 Å². The van der Waals surface area contributed by atoms with E-state index in [1.165, 1.54) is 0 Å². The third kappa shape index (κ3) is 5.20. The van der Waals surface area contributed by atoms with E-state index in [9.17, 15) is 9.50 Å². The third-order valence-corrected chi connectivity index (χ3v) is 5.07. The van der Waals surface area contributed by atoms with Gasteiger partial charge in [0.2, 0.25) is 17.8 Å². The topological polar surface area (TPSA) is 141 Å². The first-order chi connectivity index (χ1) is 14.8. The number of aliphatic hydroxyl groups is 1. The van der Waals surface area contributed by atoms with E-state index in [-0.39, 0.29) is 6.04 Å². The molecule has 12 heteroatoms. The van der Waals surface area contributed by atoms with E-state index < -0.39 is 11.4 Å². The second kappa shape index (κ2) is 8.38. The first-order valence-corrected chi connectivity index (χ1v) is 10.0. The van der Waals surface area contributed by atoms with Gasteiger partial charge in [0.25, 0.3) is 0 Å². The van der Waals surface area contributed by atoms with Crippen molar-refractivity contribution in [3.8, 4) is 0 Å². The van der Waals surface area contributed by atoms with Crippen molar-refractivity contribution < 1.29 is 9.50 Å². The van der Waals surface area contributed by atoms with Crippen LogP contribution in [0.4, 0.5) is 28.1 Å². The number of aromatic nitrogens is 7. The van der Waals surface area contributed by atoms with Crippen LogP contribution in [-0.2, 0) is 0 Å². The lowest BCUT2D eigenvalue weighted by molar-refractivity contribution is 0.0349. The van der Waals surface area contributed by atoms with Gasteiger partial charge in [-0.1, -0.05) is 0 Å². The Morgan fingerprint density at radius 2 is 1.84 bits per heavy atom. The number of nitrogens with zero attached hydrogens (tertiary/aromatic N) is 7. The number of nitrogens with one attached hydrogen (secondary N) is 3. The number of anilines is 4. The highest BCUT2D eigenvalue weighted by molar-refractivity contribution is 5.52. The largest absolute Gasteiger partial charge is 0.390 e. The Morgan fingerprint density at radius 1 is 1.16 bits per heavy atom. The van der Waals surface area contributed by atoms with Gasteiger partial charge >= 0.3 is 0 Å². The van der Waals surface area contributed by atoms with Crippen molar-refractivity contribution in [3.05, 3.63) is 35.8 Å². The third-order valence-electron chi connectivity index (χ3n) is 5.07. The molecule has 11 nitrogen and oxygen atoms in total. The number of H-pyrrole nitrogens is 1. The lowest BCUT2D eigenvalue weighted by Gasteiger charge is -2.35. The number of hydrogen-bond donors (Lipinski definition) is 4. The van der Waals surface area contributed by atoms with Crippen LogP contribution in [0.2, 0.25) is 0 Å². The molecule has 4 rings (SSSR count). The lowest BCUT2D eigenvalue weighted by atomic mass is 9.94. The van der Waals surface area contributed by atoms with Gasteiger partial charge in [-0.2, -0.15) is 20.1 Å². The van der Waals surface area contributed by atoms with E-state index in [2.05, 4.69) is 45.8 Å². The Hall–Kier alpha value is -3.41. The standard InChI is InChI=1S/C19H25FN10O/c1-11-8-14(29-28-11)24-17-25-16(23-12(2)15-21-9-13(20)10-22-15)26-18(27-17)30-6-4-19(3,31)5-7-30/h8-10,12,31H,4-7H2,1-3H3,(H3,23,24,25,26,27,28,29)/t12-/m0/s1. The van der Waals surface area contributed by atoms with E-state index in [0.29, 0.717) is 55.4 Å². The Morgan fingerprint density at radius 3 is 2.48 bits per heavy atom. The van der Waals surface area contributed by atoms with Gasteiger partial charge in [0.15, 0.2) is 11.6 Å². The summed E-state index contributed by atoms with van der Waals surface area (Å²) in [5, 5.41) is 23.5. The molecule has 0 aliphatic carbocycles. The van der Waals surface area contributed by atoms with Crippen molar-refractivity contribution >= 4 is 23.7 Å². The molecule has 0 amide bonds. The Labute approximate surface area is 178 Å². The number of halogens is 1. The predicted molar refractivity (Wildman–Crippen MR) is 113 cm³/mol. The number of hydrogen-bond acceptors (Lipinski definition) is 10. The van der Waals surface area contributed by atoms with Gasteiger partial charge in [0.1, 0.15) is 5.82 Å². The van der Waals surface area contributed by atoms with Crippen molar-refractivity contribution in [1.29, 1.82) is 0 Å². The number of rotatable bonds is 6. The number of piperidine rings is 1. The zero-order chi connectivity index (χ0) is 22.0. The van der Waals surface area contributed by atoms with E-state index in [4.69, 9.17) is 0 Å². The highest BCUT2D eigenvalue weighted by Gasteiger charge is 2.29. The first kappa shape index (κ1) is 20.8. The van der Waals surface area contributed by atoms with Crippen LogP contribution in [0.15, 0.2) is 18.5 Å². The van der Waals surface area contributed by atoms with Crippen LogP contribution < -0.4 is 15.5 Å². The van der Waals surface area contributed by atoms with Gasteiger partial charge in [0.05, 0.1) is 24.0 Å². The van der Waals surface area contributed by atoms with Crippen LogP contribution in [0.1, 0.15) is 44.2 Å². The summed E-state index contributed by atoms with van der Waals surface area (Å²) in [4.78, 5) is 23.5. The zero-order valence-corrected chi connectivity index (χ0v) is 17.6. The maximum Gasteiger partial charge on any atom is 0.235 e. The fourth-order valence-corrected chi connectivity index (χ4v) is 3.22. The van der Waals surface area contributed by atoms with Crippen molar-refractivity contribution in [1.82, 2.24) is 35.1 Å². The van der Waals surface area contributed by atoms with E-state index in [0.717, 1.165) is 18.1 Å². The van der Waals surface area contributed by atoms with Crippen LogP contribution in [0.3, 0.4) is 0 Å². The fraction of sp³-hybridized carbons (Fsp3) is 0.474. The van der Waals surface area contributed by atoms with E-state index in [1.807, 2.05) is 31.7 Å². The minimum Gasteiger partial charge on any atom is -0.390 e. The first-order valence-electron chi connectivity index (χ1n) is 10.0. The van der Waals surface area contributed by atoms with Gasteiger partial charge in [-0.3, -0.25) is 5.10 Å². The number of aromatic amines is 1. The molecule has 164 valence electrons. The van der Waals surface area contributed by atoms with Gasteiger partial charge in [0, 0.05) is 24.8 Å². The maximum absolute atomic E-state index is 13.1. The number of aryl methyl sites for hydroxylation is 1. The summed E-state index contributed by atoms with van der Waals surface area (Å²) in [7, 11) is 0. The maximum atomic E-state index is 13.1. The molecule has 1 atom stereocenters. The summed E-state index contributed by atoms with van der Waals surface area (Å²) in [5.41, 5.74) is 0.211. The molecule has 0 saturated carbocycles. The van der Waals surface area contributed by atoms with Crippen molar-refractivity contribution in [2.24, 2.45) is 0 Å². The molecule has 1 saturated heterocycles. The molecule has 0 aromatic carbocycles. The monoisotopic (exact) mass is 428 g/mol. The SMILES string of the molecule is Cc1cc(Nc2nc(N[C@@H](C)c3ncc(F)cn3)nc(N3CCC(C)(O)CC3)n2)n[nH]1. The molecule has 4 N–H and O–H groups in total. The molecule has 1 aliphatic heterocycles. The van der Waals surface area contributed by atoms with Crippen molar-refractivity contribution in [2.75, 3.05) is 28.6 Å². The summed E-state index contributed by atoms with van der Waals surface area (Å²) < 4.78 is 13.1. The van der Waals surface area contributed by atoms with Gasteiger partial charge in [-0.15, -0.1) is 0 Å². The molecule has 0 unspecified atom stereocenters. The summed E-state index contributed by atoms with van der Waals surface area (Å²) in [6.45, 7) is 6.80. The molecule has 0 spiro atoms. The predicted octanol–water partition coefficient (Wildman–Crippen LogP) is 2.10. The molecule has 3 aromatic rings. The highest BCUT2D eigenvalue weighted by Crippen LogP contribution is 2.26. The normalized spacial score (nSPS) is 16.7. The van der Waals surface area contributed by atoms with Crippen molar-refractivity contribution in [2.45, 2.75) is 45.3 Å². The smallest absolute Gasteiger partial charge is 0.235 e. The van der Waals surface area contributed by atoms with Crippen LogP contribution in [0, 0.1) is 12.7 Å². The zero-order valence-electron chi connectivity index (χ0n) is 17.6. The average Bonchev–Trinajstić information content (AvgIpc) is 3.12. The van der Waals surface area contributed by atoms with Crippen LogP contribution >= 0.6 is 0 Å². The Bertz CT molecular complexity index is 1030. The Balaban J connectivity index is 1.59. The molecule has 3 aromatic heterocycles. The van der Waals surface area contributed by atoms with Gasteiger partial charge in [-0.05, 0) is 33.6 Å². The summed E-state index contributed by atoms with van der Waals surface area (Å²) in [5.74, 6) is 1.61. The molecular weight excluding hydrogens is 403 g/mol. The van der Waals surface area contributed by atoms with Crippen molar-refractivity contribution in [3.63, 3.8) is 0 Å². The highest BCUT2D eigenvalue weighted by atomic mass is 19.1. The lowest BCUT2D eigenvalue weighted by Crippen LogP contribution is -2.43. The summed E-state index contributed by atoms with van der Waals surface area (Å²) in [6.07, 6.45) is 3.46. The fourth-order valence-electron chi connectivity index (χ4n) is 3.22. The minimum absolute atomic E-state index is 0.317. The molecular formula is C19H25FN10O. The van der Waals surface area contributed by atoms with Crippen LogP contribution in [0.25, 0.3) is 0 Å². The van der Waals surface area contributed by atoms with Crippen LogP contribution in [-0.4, -0.2) is 58.9 Å². The second-order valence-corrected chi connectivity index (χ2v) is 7.95. The van der Waals surface area contributed by atoms with Gasteiger partial charge in [-0.25, -0.2) is 14.4 Å². The average molecular weight is 428 g/mol. The quantitative estimate of drug-likeness (QED) is 0.461. The Kier molecular flexibility index (Phi) is 5.63. The molecule has 31 heavy (non-hydrogen) atoms. The molecule has 0 radical (unpaired) electrons. The molecule has 1 fully saturated rings. The van der Waals surface area contributed by atoms with E-state index >= 15 is 0 Å². The summed E-state index contributed by atoms with van der Waals surface area (Å²) >= 11 is 0.